The number of methoxy groups -OCH3 is 1. The van der Waals surface area contributed by atoms with Crippen molar-refractivity contribution in [2.24, 2.45) is 5.92 Å². The Labute approximate surface area is 129 Å². The number of piperidine rings is 1. The van der Waals surface area contributed by atoms with Crippen molar-refractivity contribution < 1.29 is 14.3 Å². The molecule has 1 aliphatic rings. The normalized spacial score (nSPS) is 15.7. The first-order valence-corrected chi connectivity index (χ1v) is 7.33. The van der Waals surface area contributed by atoms with Gasteiger partial charge in [0.1, 0.15) is 5.75 Å². The fourth-order valence-electron chi connectivity index (χ4n) is 2.28. The Morgan fingerprint density at radius 3 is 2.57 bits per heavy atom. The lowest BCUT2D eigenvalue weighted by Gasteiger charge is -2.29. The minimum absolute atomic E-state index is 0.384. The molecule has 0 saturated carbocycles. The van der Waals surface area contributed by atoms with Gasteiger partial charge in [0, 0.05) is 18.8 Å². The summed E-state index contributed by atoms with van der Waals surface area (Å²) in [6, 6.07) is 4.85. The summed E-state index contributed by atoms with van der Waals surface area (Å²) in [7, 11) is 1.51. The van der Waals surface area contributed by atoms with Gasteiger partial charge in [0.05, 0.1) is 12.1 Å². The van der Waals surface area contributed by atoms with Crippen LogP contribution in [0.1, 0.15) is 19.8 Å². The molecule has 1 saturated heterocycles. The molecule has 1 heterocycles. The van der Waals surface area contributed by atoms with Gasteiger partial charge in [-0.1, -0.05) is 18.5 Å². The Kier molecular flexibility index (Phi) is 5.07. The molecule has 0 atom stereocenters. The van der Waals surface area contributed by atoms with Crippen molar-refractivity contribution >= 4 is 29.1 Å². The minimum atomic E-state index is -0.634. The fraction of sp³-hybridized carbons (Fsp3) is 0.467. The van der Waals surface area contributed by atoms with Crippen LogP contribution in [0.15, 0.2) is 18.2 Å². The Bertz CT molecular complexity index is 540. The standard InChI is InChI=1S/C15H19ClN2O3/c1-10-5-7-18(8-6-10)15(20)14(19)17-11-3-4-13(21-2)12(16)9-11/h3-4,9-10H,5-8H2,1-2H3,(H,17,19). The summed E-state index contributed by atoms with van der Waals surface area (Å²) in [6.45, 7) is 3.43. The van der Waals surface area contributed by atoms with E-state index in [0.29, 0.717) is 35.5 Å². The third kappa shape index (κ3) is 3.88. The lowest BCUT2D eigenvalue weighted by molar-refractivity contribution is -0.144. The highest BCUT2D eigenvalue weighted by Gasteiger charge is 2.25. The van der Waals surface area contributed by atoms with Crippen LogP contribution in [0.3, 0.4) is 0 Å². The summed E-state index contributed by atoms with van der Waals surface area (Å²) in [4.78, 5) is 25.7. The first-order valence-electron chi connectivity index (χ1n) is 6.95. The predicted molar refractivity (Wildman–Crippen MR) is 81.6 cm³/mol. The smallest absolute Gasteiger partial charge is 0.313 e. The van der Waals surface area contributed by atoms with Gasteiger partial charge in [0.25, 0.3) is 0 Å². The summed E-state index contributed by atoms with van der Waals surface area (Å²) < 4.78 is 5.04. The van der Waals surface area contributed by atoms with Crippen LogP contribution in [0.4, 0.5) is 5.69 Å². The molecular weight excluding hydrogens is 292 g/mol. The SMILES string of the molecule is COc1ccc(NC(=O)C(=O)N2CCC(C)CC2)cc1Cl. The summed E-state index contributed by atoms with van der Waals surface area (Å²) in [6.07, 6.45) is 1.88. The first-order chi connectivity index (χ1) is 10.0. The van der Waals surface area contributed by atoms with Gasteiger partial charge in [-0.2, -0.15) is 0 Å². The highest BCUT2D eigenvalue weighted by molar-refractivity contribution is 6.39. The average Bonchev–Trinajstić information content (AvgIpc) is 2.47. The molecule has 2 amide bonds. The lowest BCUT2D eigenvalue weighted by atomic mass is 9.99. The second-order valence-corrected chi connectivity index (χ2v) is 5.69. The van der Waals surface area contributed by atoms with Crippen LogP contribution < -0.4 is 10.1 Å². The van der Waals surface area contributed by atoms with Gasteiger partial charge in [-0.25, -0.2) is 0 Å². The van der Waals surface area contributed by atoms with E-state index >= 15 is 0 Å². The number of ether oxygens (including phenoxy) is 1. The molecule has 1 aromatic rings. The van der Waals surface area contributed by atoms with Gasteiger partial charge in [-0.15, -0.1) is 0 Å². The molecule has 1 aliphatic heterocycles. The zero-order chi connectivity index (χ0) is 15.4. The van der Waals surface area contributed by atoms with E-state index in [1.165, 1.54) is 7.11 Å². The summed E-state index contributed by atoms with van der Waals surface area (Å²) >= 11 is 5.99. The summed E-state index contributed by atoms with van der Waals surface area (Å²) in [5, 5.41) is 2.96. The molecule has 6 heteroatoms. The molecule has 5 nitrogen and oxygen atoms in total. The maximum atomic E-state index is 12.1. The third-order valence-corrected chi connectivity index (χ3v) is 3.97. The van der Waals surface area contributed by atoms with E-state index in [9.17, 15) is 9.59 Å². The molecule has 21 heavy (non-hydrogen) atoms. The molecule has 2 rings (SSSR count). The van der Waals surface area contributed by atoms with Crippen LogP contribution in [-0.2, 0) is 9.59 Å². The predicted octanol–water partition coefficient (Wildman–Crippen LogP) is 2.55. The lowest BCUT2D eigenvalue weighted by Crippen LogP contribution is -2.43. The van der Waals surface area contributed by atoms with Crippen LogP contribution in [0.2, 0.25) is 5.02 Å². The van der Waals surface area contributed by atoms with E-state index in [4.69, 9.17) is 16.3 Å². The average molecular weight is 311 g/mol. The molecule has 0 radical (unpaired) electrons. The molecule has 1 aromatic carbocycles. The van der Waals surface area contributed by atoms with E-state index < -0.39 is 11.8 Å². The molecule has 0 spiro atoms. The summed E-state index contributed by atoms with van der Waals surface area (Å²) in [5.41, 5.74) is 0.476. The van der Waals surface area contributed by atoms with E-state index in [0.717, 1.165) is 12.8 Å². The van der Waals surface area contributed by atoms with Crippen molar-refractivity contribution in [3.05, 3.63) is 23.2 Å². The van der Waals surface area contributed by atoms with Crippen LogP contribution in [-0.4, -0.2) is 36.9 Å². The van der Waals surface area contributed by atoms with Crippen molar-refractivity contribution in [2.45, 2.75) is 19.8 Å². The van der Waals surface area contributed by atoms with Gasteiger partial charge in [0.15, 0.2) is 0 Å². The molecule has 1 N–H and O–H groups in total. The molecule has 1 fully saturated rings. The van der Waals surface area contributed by atoms with E-state index in [1.54, 1.807) is 23.1 Å². The van der Waals surface area contributed by atoms with Crippen LogP contribution in [0.5, 0.6) is 5.75 Å². The molecule has 114 valence electrons. The fourth-order valence-corrected chi connectivity index (χ4v) is 2.54. The summed E-state index contributed by atoms with van der Waals surface area (Å²) in [5.74, 6) is 0.00291. The Hall–Kier alpha value is -1.75. The Morgan fingerprint density at radius 2 is 2.00 bits per heavy atom. The second-order valence-electron chi connectivity index (χ2n) is 5.28. The largest absolute Gasteiger partial charge is 0.495 e. The zero-order valence-electron chi connectivity index (χ0n) is 12.2. The van der Waals surface area contributed by atoms with Crippen LogP contribution in [0.25, 0.3) is 0 Å². The number of benzene rings is 1. The number of nitrogens with one attached hydrogen (secondary N) is 1. The number of carbonyl (C=O) groups is 2. The molecular formula is C15H19ClN2O3. The number of halogens is 1. The van der Waals surface area contributed by atoms with E-state index in [-0.39, 0.29) is 0 Å². The number of rotatable bonds is 2. The van der Waals surface area contributed by atoms with Crippen molar-refractivity contribution in [3.63, 3.8) is 0 Å². The van der Waals surface area contributed by atoms with Crippen molar-refractivity contribution in [2.75, 3.05) is 25.5 Å². The molecule has 0 aliphatic carbocycles. The van der Waals surface area contributed by atoms with E-state index in [2.05, 4.69) is 12.2 Å². The van der Waals surface area contributed by atoms with Crippen LogP contribution >= 0.6 is 11.6 Å². The van der Waals surface area contributed by atoms with Crippen molar-refractivity contribution in [3.8, 4) is 5.75 Å². The number of hydrogen-bond acceptors (Lipinski definition) is 3. The maximum Gasteiger partial charge on any atom is 0.313 e. The molecule has 0 aromatic heterocycles. The third-order valence-electron chi connectivity index (χ3n) is 3.67. The number of anilines is 1. The van der Waals surface area contributed by atoms with Crippen molar-refractivity contribution in [1.29, 1.82) is 0 Å². The number of carbonyl (C=O) groups excluding carboxylic acids is 2. The number of nitrogens with zero attached hydrogens (tertiary/aromatic N) is 1. The quantitative estimate of drug-likeness (QED) is 0.854. The molecule has 0 unspecified atom stereocenters. The topological polar surface area (TPSA) is 58.6 Å². The van der Waals surface area contributed by atoms with Gasteiger partial charge in [-0.3, -0.25) is 9.59 Å². The van der Waals surface area contributed by atoms with Crippen LogP contribution in [0, 0.1) is 5.92 Å². The highest BCUT2D eigenvalue weighted by Crippen LogP contribution is 2.27. The second kappa shape index (κ2) is 6.80. The first kappa shape index (κ1) is 15.6. The number of hydrogen-bond donors (Lipinski definition) is 1. The van der Waals surface area contributed by atoms with Crippen molar-refractivity contribution in [1.82, 2.24) is 4.90 Å². The number of likely N-dealkylation sites (tertiary alicyclic amines) is 1. The monoisotopic (exact) mass is 310 g/mol. The van der Waals surface area contributed by atoms with E-state index in [1.807, 2.05) is 0 Å². The maximum absolute atomic E-state index is 12.1. The Balaban J connectivity index is 1.97. The minimum Gasteiger partial charge on any atom is -0.495 e. The Morgan fingerprint density at radius 1 is 1.33 bits per heavy atom. The molecule has 0 bridgehead atoms. The van der Waals surface area contributed by atoms with Gasteiger partial charge in [0.2, 0.25) is 0 Å². The van der Waals surface area contributed by atoms with Gasteiger partial charge in [-0.05, 0) is 37.0 Å². The van der Waals surface area contributed by atoms with Gasteiger partial charge >= 0.3 is 11.8 Å². The zero-order valence-corrected chi connectivity index (χ0v) is 12.9. The van der Waals surface area contributed by atoms with Gasteiger partial charge < -0.3 is 15.0 Å². The number of amides is 2. The highest BCUT2D eigenvalue weighted by atomic mass is 35.5.